The normalized spacial score (nSPS) is 18.7. The average Bonchev–Trinajstić information content (AvgIpc) is 3.52. The SMILES string of the molecule is CC(C)(C)NC1CCC(NCc2ccc(C(=O)N(Cc3ncc[nH]3)Cc3ncc[nH]3)cc2)CC1. The summed E-state index contributed by atoms with van der Waals surface area (Å²) in [5.74, 6) is 1.44. The minimum Gasteiger partial charge on any atom is -0.347 e. The molecule has 1 aliphatic carbocycles. The third-order valence-electron chi connectivity index (χ3n) is 6.24. The molecular weight excluding hydrogens is 426 g/mol. The van der Waals surface area contributed by atoms with Gasteiger partial charge in [0.05, 0.1) is 13.1 Å². The third-order valence-corrected chi connectivity index (χ3v) is 6.24. The van der Waals surface area contributed by atoms with Gasteiger partial charge in [-0.2, -0.15) is 0 Å². The van der Waals surface area contributed by atoms with Crippen molar-refractivity contribution in [2.24, 2.45) is 0 Å². The van der Waals surface area contributed by atoms with Crippen LogP contribution in [-0.2, 0) is 19.6 Å². The molecule has 4 N–H and O–H groups in total. The lowest BCUT2D eigenvalue weighted by atomic mass is 9.89. The molecule has 1 amide bonds. The molecule has 4 rings (SSSR count). The summed E-state index contributed by atoms with van der Waals surface area (Å²) in [6, 6.07) is 9.10. The largest absolute Gasteiger partial charge is 0.347 e. The highest BCUT2D eigenvalue weighted by molar-refractivity contribution is 5.94. The van der Waals surface area contributed by atoms with Crippen LogP contribution in [0.4, 0.5) is 0 Å². The Morgan fingerprint density at radius 3 is 2.00 bits per heavy atom. The molecular formula is C26H37N7O. The maximum absolute atomic E-state index is 13.3. The van der Waals surface area contributed by atoms with Crippen LogP contribution < -0.4 is 10.6 Å². The number of hydrogen-bond donors (Lipinski definition) is 4. The Labute approximate surface area is 202 Å². The smallest absolute Gasteiger partial charge is 0.254 e. The molecule has 0 spiro atoms. The van der Waals surface area contributed by atoms with Crippen LogP contribution in [0.25, 0.3) is 0 Å². The zero-order valence-corrected chi connectivity index (χ0v) is 20.5. The number of amides is 1. The predicted molar refractivity (Wildman–Crippen MR) is 133 cm³/mol. The molecule has 0 radical (unpaired) electrons. The highest BCUT2D eigenvalue weighted by Crippen LogP contribution is 2.21. The third kappa shape index (κ3) is 7.01. The molecule has 0 unspecified atom stereocenters. The van der Waals surface area contributed by atoms with E-state index < -0.39 is 0 Å². The Morgan fingerprint density at radius 1 is 0.941 bits per heavy atom. The molecule has 3 aromatic rings. The van der Waals surface area contributed by atoms with Gasteiger partial charge in [0.25, 0.3) is 5.91 Å². The number of aromatic amines is 2. The van der Waals surface area contributed by atoms with Crippen LogP contribution >= 0.6 is 0 Å². The van der Waals surface area contributed by atoms with E-state index >= 15 is 0 Å². The van der Waals surface area contributed by atoms with Gasteiger partial charge in [0.2, 0.25) is 0 Å². The predicted octanol–water partition coefficient (Wildman–Crippen LogP) is 3.76. The lowest BCUT2D eigenvalue weighted by Crippen LogP contribution is -2.47. The van der Waals surface area contributed by atoms with Crippen LogP contribution in [0, 0.1) is 0 Å². The van der Waals surface area contributed by atoms with Crippen LogP contribution in [0.5, 0.6) is 0 Å². The van der Waals surface area contributed by atoms with Gasteiger partial charge in [-0.1, -0.05) is 12.1 Å². The number of carbonyl (C=O) groups is 1. The maximum Gasteiger partial charge on any atom is 0.254 e. The lowest BCUT2D eigenvalue weighted by Gasteiger charge is -2.34. The van der Waals surface area contributed by atoms with Crippen LogP contribution in [-0.4, -0.2) is 48.4 Å². The van der Waals surface area contributed by atoms with Crippen molar-refractivity contribution in [1.82, 2.24) is 35.5 Å². The van der Waals surface area contributed by atoms with Crippen molar-refractivity contribution in [2.45, 2.75) is 83.7 Å². The van der Waals surface area contributed by atoms with Crippen molar-refractivity contribution >= 4 is 5.91 Å². The fourth-order valence-electron chi connectivity index (χ4n) is 4.59. The van der Waals surface area contributed by atoms with Gasteiger partial charge in [0.15, 0.2) is 0 Å². The van der Waals surface area contributed by atoms with Crippen molar-refractivity contribution in [3.8, 4) is 0 Å². The van der Waals surface area contributed by atoms with Gasteiger partial charge in [-0.05, 0) is 64.2 Å². The van der Waals surface area contributed by atoms with E-state index in [1.54, 1.807) is 29.7 Å². The van der Waals surface area contributed by atoms with Crippen molar-refractivity contribution in [3.05, 3.63) is 71.8 Å². The quantitative estimate of drug-likeness (QED) is 0.387. The molecule has 182 valence electrons. The minimum atomic E-state index is -0.0445. The number of hydrogen-bond acceptors (Lipinski definition) is 5. The van der Waals surface area contributed by atoms with Gasteiger partial charge in [0.1, 0.15) is 11.6 Å². The van der Waals surface area contributed by atoms with E-state index in [0.29, 0.717) is 30.7 Å². The van der Waals surface area contributed by atoms with Crippen LogP contribution in [0.2, 0.25) is 0 Å². The Morgan fingerprint density at radius 2 is 1.50 bits per heavy atom. The number of rotatable bonds is 9. The van der Waals surface area contributed by atoms with Gasteiger partial charge < -0.3 is 25.5 Å². The molecule has 34 heavy (non-hydrogen) atoms. The average molecular weight is 464 g/mol. The van der Waals surface area contributed by atoms with Crippen molar-refractivity contribution < 1.29 is 4.79 Å². The molecule has 1 saturated carbocycles. The maximum atomic E-state index is 13.3. The number of benzene rings is 1. The number of nitrogens with zero attached hydrogens (tertiary/aromatic N) is 3. The second kappa shape index (κ2) is 11.0. The molecule has 8 heteroatoms. The Bertz CT molecular complexity index is 962. The molecule has 2 aromatic heterocycles. The van der Waals surface area contributed by atoms with E-state index in [1.165, 1.54) is 31.2 Å². The van der Waals surface area contributed by atoms with Gasteiger partial charge in [-0.15, -0.1) is 0 Å². The van der Waals surface area contributed by atoms with Crippen LogP contribution in [0.15, 0.2) is 49.1 Å². The fourth-order valence-corrected chi connectivity index (χ4v) is 4.59. The lowest BCUT2D eigenvalue weighted by molar-refractivity contribution is 0.0721. The van der Waals surface area contributed by atoms with E-state index in [1.807, 2.05) is 24.3 Å². The molecule has 1 fully saturated rings. The van der Waals surface area contributed by atoms with Gasteiger partial charge in [0, 0.05) is 54.5 Å². The molecule has 8 nitrogen and oxygen atoms in total. The standard InChI is InChI=1S/C26H37N7O/c1-26(2,3)32-22-10-8-21(9-11-22)31-16-19-4-6-20(7-5-19)25(34)33(17-23-27-12-13-28-23)18-24-29-14-15-30-24/h4-7,12-15,21-22,31-32H,8-11,16-18H2,1-3H3,(H,27,28)(H,29,30). The summed E-state index contributed by atoms with van der Waals surface area (Å²) in [7, 11) is 0. The van der Waals surface area contributed by atoms with E-state index in [-0.39, 0.29) is 11.4 Å². The van der Waals surface area contributed by atoms with E-state index in [9.17, 15) is 4.79 Å². The van der Waals surface area contributed by atoms with Gasteiger partial charge in [-0.3, -0.25) is 4.79 Å². The number of aromatic nitrogens is 4. The summed E-state index contributed by atoms with van der Waals surface area (Å²) in [6.07, 6.45) is 11.7. The Balaban J connectivity index is 1.30. The first-order valence-corrected chi connectivity index (χ1v) is 12.2. The second-order valence-corrected chi connectivity index (χ2v) is 10.3. The summed E-state index contributed by atoms with van der Waals surface area (Å²) in [4.78, 5) is 29.7. The summed E-state index contributed by atoms with van der Waals surface area (Å²) >= 11 is 0. The zero-order chi connectivity index (χ0) is 24.0. The van der Waals surface area contributed by atoms with E-state index in [4.69, 9.17) is 0 Å². The van der Waals surface area contributed by atoms with E-state index in [0.717, 1.165) is 18.2 Å². The molecule has 1 aliphatic rings. The van der Waals surface area contributed by atoms with Crippen LogP contribution in [0.1, 0.15) is 74.0 Å². The second-order valence-electron chi connectivity index (χ2n) is 10.3. The monoisotopic (exact) mass is 463 g/mol. The topological polar surface area (TPSA) is 102 Å². The highest BCUT2D eigenvalue weighted by Gasteiger charge is 2.24. The molecule has 0 atom stereocenters. The first kappa shape index (κ1) is 24.2. The van der Waals surface area contributed by atoms with Crippen molar-refractivity contribution in [3.63, 3.8) is 0 Å². The van der Waals surface area contributed by atoms with Gasteiger partial charge >= 0.3 is 0 Å². The number of H-pyrrole nitrogens is 2. The van der Waals surface area contributed by atoms with Crippen molar-refractivity contribution in [2.75, 3.05) is 0 Å². The number of carbonyl (C=O) groups excluding carboxylic acids is 1. The zero-order valence-electron chi connectivity index (χ0n) is 20.5. The Kier molecular flexibility index (Phi) is 7.80. The summed E-state index contributed by atoms with van der Waals surface area (Å²) in [5, 5.41) is 7.43. The minimum absolute atomic E-state index is 0.0445. The molecule has 0 aliphatic heterocycles. The Hall–Kier alpha value is -2.97. The number of imidazole rings is 2. The summed E-state index contributed by atoms with van der Waals surface area (Å²) in [6.45, 7) is 8.31. The molecule has 2 heterocycles. The van der Waals surface area contributed by atoms with Gasteiger partial charge in [-0.25, -0.2) is 9.97 Å². The van der Waals surface area contributed by atoms with E-state index in [2.05, 4.69) is 51.3 Å². The summed E-state index contributed by atoms with van der Waals surface area (Å²) in [5.41, 5.74) is 2.03. The first-order valence-electron chi connectivity index (χ1n) is 12.2. The number of nitrogens with one attached hydrogen (secondary N) is 4. The fraction of sp³-hybridized carbons (Fsp3) is 0.500. The molecule has 0 saturated heterocycles. The molecule has 0 bridgehead atoms. The van der Waals surface area contributed by atoms with Crippen molar-refractivity contribution in [1.29, 1.82) is 0 Å². The molecule has 1 aromatic carbocycles. The highest BCUT2D eigenvalue weighted by atomic mass is 16.2. The summed E-state index contributed by atoms with van der Waals surface area (Å²) < 4.78 is 0. The van der Waals surface area contributed by atoms with Crippen LogP contribution in [0.3, 0.4) is 0 Å². The first-order chi connectivity index (χ1) is 16.4.